The molecule has 1 aromatic heterocycles. The summed E-state index contributed by atoms with van der Waals surface area (Å²) in [4.78, 5) is 1.24. The summed E-state index contributed by atoms with van der Waals surface area (Å²) in [6.45, 7) is 2.95. The van der Waals surface area contributed by atoms with Crippen LogP contribution >= 0.6 is 0 Å². The van der Waals surface area contributed by atoms with Gasteiger partial charge in [-0.2, -0.15) is 4.74 Å². The quantitative estimate of drug-likeness (QED) is 0.486. The highest BCUT2D eigenvalue weighted by atomic mass is 16.6. The molecule has 1 saturated carbocycles. The SMILES string of the molecule is [O-][N+]1=C2CCc3nonc3[C@]2(O)[C@H]2CCC[C@]21[NH+]1CCOCC1. The molecule has 0 bridgehead atoms. The Kier molecular flexibility index (Phi) is 2.73. The first-order valence-electron chi connectivity index (χ1n) is 8.50. The van der Waals surface area contributed by atoms with Gasteiger partial charge in [0.05, 0.1) is 19.6 Å². The Labute approximate surface area is 133 Å². The molecule has 0 aromatic carbocycles. The predicted molar refractivity (Wildman–Crippen MR) is 76.7 cm³/mol. The van der Waals surface area contributed by atoms with Crippen molar-refractivity contribution in [2.45, 2.75) is 43.4 Å². The molecule has 3 heterocycles. The zero-order chi connectivity index (χ0) is 15.7. The van der Waals surface area contributed by atoms with Crippen molar-refractivity contribution in [3.8, 4) is 0 Å². The monoisotopic (exact) mass is 321 g/mol. The first-order chi connectivity index (χ1) is 11.2. The van der Waals surface area contributed by atoms with E-state index < -0.39 is 11.3 Å². The number of quaternary nitrogens is 1. The molecule has 5 rings (SSSR count). The van der Waals surface area contributed by atoms with Gasteiger partial charge in [-0.15, -0.1) is 0 Å². The van der Waals surface area contributed by atoms with E-state index in [1.807, 2.05) is 0 Å². The van der Waals surface area contributed by atoms with Gasteiger partial charge in [-0.1, -0.05) is 10.3 Å². The molecule has 1 aromatic rings. The lowest BCUT2D eigenvalue weighted by Gasteiger charge is -2.39. The number of fused-ring (bicyclic) bond motifs is 5. The molecule has 2 aliphatic carbocycles. The van der Waals surface area contributed by atoms with Gasteiger partial charge in [0, 0.05) is 12.8 Å². The second kappa shape index (κ2) is 4.52. The first kappa shape index (κ1) is 13.9. The molecule has 2 N–H and O–H groups in total. The number of aliphatic hydroxyl groups is 1. The molecule has 3 atom stereocenters. The van der Waals surface area contributed by atoms with E-state index in [0.29, 0.717) is 43.2 Å². The Morgan fingerprint density at radius 1 is 1.26 bits per heavy atom. The van der Waals surface area contributed by atoms with Crippen molar-refractivity contribution in [2.75, 3.05) is 26.3 Å². The summed E-state index contributed by atoms with van der Waals surface area (Å²) >= 11 is 0. The molecule has 0 amide bonds. The molecule has 2 aliphatic heterocycles. The Morgan fingerprint density at radius 3 is 2.91 bits per heavy atom. The Balaban J connectivity index is 1.69. The number of aromatic nitrogens is 2. The molecule has 0 unspecified atom stereocenters. The topological polar surface area (TPSA) is 98.9 Å². The number of hydroxylamine groups is 1. The second-order valence-electron chi connectivity index (χ2n) is 7.15. The number of aryl methyl sites for hydroxylation is 1. The number of nitrogens with zero attached hydrogens (tertiary/aromatic N) is 3. The molecular formula is C15H21N4O4+. The highest BCUT2D eigenvalue weighted by Gasteiger charge is 2.76. The second-order valence-corrected chi connectivity index (χ2v) is 7.15. The lowest BCUT2D eigenvalue weighted by atomic mass is 9.73. The van der Waals surface area contributed by atoms with Crippen molar-refractivity contribution in [1.29, 1.82) is 0 Å². The van der Waals surface area contributed by atoms with Crippen LogP contribution < -0.4 is 4.90 Å². The van der Waals surface area contributed by atoms with E-state index in [4.69, 9.17) is 9.37 Å². The van der Waals surface area contributed by atoms with Gasteiger partial charge in [-0.05, 0) is 12.8 Å². The largest absolute Gasteiger partial charge is 0.619 e. The summed E-state index contributed by atoms with van der Waals surface area (Å²) in [5.74, 6) is -0.151. The van der Waals surface area contributed by atoms with Crippen LogP contribution in [0, 0.1) is 11.1 Å². The van der Waals surface area contributed by atoms with Gasteiger partial charge < -0.3 is 15.1 Å². The average Bonchev–Trinajstić information content (AvgIpc) is 3.26. The molecule has 2 fully saturated rings. The summed E-state index contributed by atoms with van der Waals surface area (Å²) in [6.07, 6.45) is 3.72. The van der Waals surface area contributed by atoms with Gasteiger partial charge in [0.1, 0.15) is 24.7 Å². The Bertz CT molecular complexity index is 683. The third-order valence-corrected chi connectivity index (χ3v) is 6.40. The molecule has 124 valence electrons. The van der Waals surface area contributed by atoms with Crippen LogP contribution in [0.15, 0.2) is 4.63 Å². The van der Waals surface area contributed by atoms with Crippen LogP contribution in [0.25, 0.3) is 0 Å². The van der Waals surface area contributed by atoms with Crippen LogP contribution in [0.3, 0.4) is 0 Å². The fourth-order valence-corrected chi connectivity index (χ4v) is 5.49. The summed E-state index contributed by atoms with van der Waals surface area (Å²) < 4.78 is 11.5. The number of ether oxygens (including phenoxy) is 1. The lowest BCUT2D eigenvalue weighted by molar-refractivity contribution is -1.04. The molecule has 8 heteroatoms. The van der Waals surface area contributed by atoms with Crippen molar-refractivity contribution in [2.24, 2.45) is 5.92 Å². The Hall–Kier alpha value is -1.51. The standard InChI is InChI=1S/C15H20N4O4/c20-15-11-2-1-5-14(11,18-6-8-22-9-7-18)19(21)12(15)4-3-10-13(15)17-23-16-10/h11,20H,1-9H2/p+1/t11-,14+,15-/m0/s1. The molecule has 0 spiro atoms. The van der Waals surface area contributed by atoms with E-state index in [2.05, 4.69) is 10.3 Å². The van der Waals surface area contributed by atoms with Crippen LogP contribution in [-0.4, -0.2) is 57.8 Å². The van der Waals surface area contributed by atoms with E-state index >= 15 is 0 Å². The highest BCUT2D eigenvalue weighted by molar-refractivity contribution is 5.92. The van der Waals surface area contributed by atoms with Crippen LogP contribution in [0.4, 0.5) is 0 Å². The fourth-order valence-electron chi connectivity index (χ4n) is 5.49. The van der Waals surface area contributed by atoms with E-state index in [9.17, 15) is 10.3 Å². The van der Waals surface area contributed by atoms with Gasteiger partial charge in [-0.25, -0.2) is 4.63 Å². The minimum atomic E-state index is -1.31. The maximum Gasteiger partial charge on any atom is 0.303 e. The summed E-state index contributed by atoms with van der Waals surface area (Å²) in [7, 11) is 0. The number of hydrogen-bond acceptors (Lipinski definition) is 6. The summed E-state index contributed by atoms with van der Waals surface area (Å²) in [5, 5.41) is 32.9. The molecular weight excluding hydrogens is 300 g/mol. The third-order valence-electron chi connectivity index (χ3n) is 6.40. The van der Waals surface area contributed by atoms with Crippen LogP contribution in [0.1, 0.15) is 37.1 Å². The number of morpholine rings is 1. The average molecular weight is 321 g/mol. The maximum absolute atomic E-state index is 13.4. The molecule has 0 radical (unpaired) electrons. The highest BCUT2D eigenvalue weighted by Crippen LogP contribution is 2.53. The van der Waals surface area contributed by atoms with Gasteiger partial charge in [-0.3, -0.25) is 4.90 Å². The first-order valence-corrected chi connectivity index (χ1v) is 8.50. The number of nitrogens with one attached hydrogen (secondary N) is 1. The number of hydrogen-bond donors (Lipinski definition) is 2. The van der Waals surface area contributed by atoms with Crippen molar-refractivity contribution < 1.29 is 24.1 Å². The van der Waals surface area contributed by atoms with Crippen molar-refractivity contribution in [3.63, 3.8) is 0 Å². The zero-order valence-corrected chi connectivity index (χ0v) is 13.0. The van der Waals surface area contributed by atoms with Gasteiger partial charge >= 0.3 is 5.66 Å². The van der Waals surface area contributed by atoms with Crippen LogP contribution in [0.2, 0.25) is 0 Å². The zero-order valence-electron chi connectivity index (χ0n) is 13.0. The molecule has 23 heavy (non-hydrogen) atoms. The van der Waals surface area contributed by atoms with Crippen LogP contribution in [-0.2, 0) is 16.8 Å². The van der Waals surface area contributed by atoms with E-state index in [1.54, 1.807) is 0 Å². The summed E-state index contributed by atoms with van der Waals surface area (Å²) in [6, 6.07) is 0. The maximum atomic E-state index is 13.4. The lowest BCUT2D eigenvalue weighted by Crippen LogP contribution is -3.23. The normalized spacial score (nSPS) is 40.1. The Morgan fingerprint density at radius 2 is 2.09 bits per heavy atom. The molecule has 1 saturated heterocycles. The van der Waals surface area contributed by atoms with Gasteiger partial charge in [0.2, 0.25) is 11.3 Å². The third kappa shape index (κ3) is 1.49. The molecule has 8 nitrogen and oxygen atoms in total. The van der Waals surface area contributed by atoms with Crippen molar-refractivity contribution in [3.05, 3.63) is 16.6 Å². The smallest absolute Gasteiger partial charge is 0.303 e. The van der Waals surface area contributed by atoms with Crippen molar-refractivity contribution in [1.82, 2.24) is 10.3 Å². The summed E-state index contributed by atoms with van der Waals surface area (Å²) in [5.41, 5.74) is -0.166. The minimum absolute atomic E-state index is 0.151. The van der Waals surface area contributed by atoms with E-state index in [1.165, 1.54) is 4.90 Å². The van der Waals surface area contributed by atoms with Crippen molar-refractivity contribution >= 4 is 5.71 Å². The van der Waals surface area contributed by atoms with Gasteiger partial charge in [0.15, 0.2) is 5.69 Å². The van der Waals surface area contributed by atoms with Gasteiger partial charge in [0.25, 0.3) is 0 Å². The predicted octanol–water partition coefficient (Wildman–Crippen LogP) is -1.42. The van der Waals surface area contributed by atoms with Crippen LogP contribution in [0.5, 0.6) is 0 Å². The number of rotatable bonds is 1. The van der Waals surface area contributed by atoms with E-state index in [-0.39, 0.29) is 5.92 Å². The molecule has 4 aliphatic rings. The van der Waals surface area contributed by atoms with E-state index in [0.717, 1.165) is 37.1 Å². The minimum Gasteiger partial charge on any atom is -0.619 e. The fraction of sp³-hybridized carbons (Fsp3) is 0.800.